The number of aromatic nitrogens is 4. The van der Waals surface area contributed by atoms with Crippen LogP contribution in [0.2, 0.25) is 0 Å². The molecule has 2 fully saturated rings. The van der Waals surface area contributed by atoms with Crippen molar-refractivity contribution in [2.24, 2.45) is 0 Å². The van der Waals surface area contributed by atoms with Gasteiger partial charge in [0.15, 0.2) is 5.69 Å². The number of pyridine rings is 1. The number of ether oxygens (including phenoxy) is 1. The fourth-order valence-corrected chi connectivity index (χ4v) is 4.10. The highest BCUT2D eigenvalue weighted by atomic mass is 16.5. The van der Waals surface area contributed by atoms with E-state index in [1.165, 1.54) is 19.3 Å². The molecular weight excluding hydrogens is 356 g/mol. The van der Waals surface area contributed by atoms with Gasteiger partial charge in [-0.2, -0.15) is 0 Å². The van der Waals surface area contributed by atoms with E-state index in [0.717, 1.165) is 31.5 Å². The highest BCUT2D eigenvalue weighted by Crippen LogP contribution is 2.27. The molecule has 4 rings (SSSR count). The highest BCUT2D eigenvalue weighted by Gasteiger charge is 2.24. The normalized spacial score (nSPS) is 20.0. The van der Waals surface area contributed by atoms with Gasteiger partial charge in [0.1, 0.15) is 0 Å². The maximum atomic E-state index is 12.7. The van der Waals surface area contributed by atoms with Gasteiger partial charge in [0.05, 0.1) is 31.5 Å². The zero-order valence-electron chi connectivity index (χ0n) is 16.2. The van der Waals surface area contributed by atoms with Gasteiger partial charge in [0.2, 0.25) is 0 Å². The van der Waals surface area contributed by atoms with Gasteiger partial charge in [-0.25, -0.2) is 4.68 Å². The number of carbonyl (C=O) groups excluding carboxylic acids is 1. The average molecular weight is 384 g/mol. The van der Waals surface area contributed by atoms with Crippen LogP contribution in [0, 0.1) is 0 Å². The van der Waals surface area contributed by atoms with Crippen molar-refractivity contribution >= 4 is 5.91 Å². The first-order valence-electron chi connectivity index (χ1n) is 10.2. The molecule has 1 saturated carbocycles. The fourth-order valence-electron chi connectivity index (χ4n) is 4.10. The van der Waals surface area contributed by atoms with Crippen molar-refractivity contribution in [1.82, 2.24) is 30.2 Å². The van der Waals surface area contributed by atoms with Crippen LogP contribution in [0.5, 0.6) is 0 Å². The molecule has 28 heavy (non-hydrogen) atoms. The molecule has 1 aliphatic heterocycles. The van der Waals surface area contributed by atoms with Crippen LogP contribution in [0.25, 0.3) is 0 Å². The Labute approximate surface area is 165 Å². The SMILES string of the molecule is O=C(NCC(c1cccnc1)N1CCOCC1)c1cn(C2CCCCC2)nn1. The van der Waals surface area contributed by atoms with Crippen LogP contribution in [0.1, 0.15) is 60.2 Å². The summed E-state index contributed by atoms with van der Waals surface area (Å²) in [4.78, 5) is 19.3. The molecule has 150 valence electrons. The van der Waals surface area contributed by atoms with Crippen molar-refractivity contribution in [3.8, 4) is 0 Å². The number of carbonyl (C=O) groups is 1. The van der Waals surface area contributed by atoms with Gasteiger partial charge < -0.3 is 10.1 Å². The number of nitrogens with one attached hydrogen (secondary N) is 1. The van der Waals surface area contributed by atoms with E-state index in [4.69, 9.17) is 4.74 Å². The number of nitrogens with zero attached hydrogens (tertiary/aromatic N) is 5. The Morgan fingerprint density at radius 2 is 2.07 bits per heavy atom. The van der Waals surface area contributed by atoms with E-state index in [0.29, 0.717) is 31.5 Å². The molecular formula is C20H28N6O2. The van der Waals surface area contributed by atoms with Gasteiger partial charge in [-0.05, 0) is 24.5 Å². The molecule has 8 heteroatoms. The van der Waals surface area contributed by atoms with E-state index >= 15 is 0 Å². The molecule has 1 aliphatic carbocycles. The zero-order chi connectivity index (χ0) is 19.2. The molecule has 3 heterocycles. The summed E-state index contributed by atoms with van der Waals surface area (Å²) in [6, 6.07) is 4.42. The quantitative estimate of drug-likeness (QED) is 0.820. The summed E-state index contributed by atoms with van der Waals surface area (Å²) in [5.74, 6) is -0.177. The number of rotatable bonds is 6. The summed E-state index contributed by atoms with van der Waals surface area (Å²) in [6.45, 7) is 3.60. The summed E-state index contributed by atoms with van der Waals surface area (Å²) in [6.07, 6.45) is 11.4. The first-order valence-corrected chi connectivity index (χ1v) is 10.2. The third-order valence-electron chi connectivity index (χ3n) is 5.70. The number of hydrogen-bond acceptors (Lipinski definition) is 6. The van der Waals surface area contributed by atoms with Gasteiger partial charge in [0, 0.05) is 32.0 Å². The second-order valence-electron chi connectivity index (χ2n) is 7.54. The topological polar surface area (TPSA) is 85.2 Å². The lowest BCUT2D eigenvalue weighted by molar-refractivity contribution is 0.0161. The van der Waals surface area contributed by atoms with Gasteiger partial charge in [-0.1, -0.05) is 30.5 Å². The van der Waals surface area contributed by atoms with Gasteiger partial charge in [-0.15, -0.1) is 5.10 Å². The molecule has 2 aliphatic rings. The van der Waals surface area contributed by atoms with Crippen LogP contribution in [-0.2, 0) is 4.74 Å². The summed E-state index contributed by atoms with van der Waals surface area (Å²) in [5, 5.41) is 11.4. The Hall–Kier alpha value is -2.32. The Balaban J connectivity index is 1.40. The Bertz CT molecular complexity index is 753. The minimum Gasteiger partial charge on any atom is -0.379 e. The Morgan fingerprint density at radius 3 is 2.82 bits per heavy atom. The second-order valence-corrected chi connectivity index (χ2v) is 7.54. The molecule has 8 nitrogen and oxygen atoms in total. The van der Waals surface area contributed by atoms with Crippen molar-refractivity contribution in [2.45, 2.75) is 44.2 Å². The Morgan fingerprint density at radius 1 is 1.25 bits per heavy atom. The van der Waals surface area contributed by atoms with Crippen LogP contribution in [0.4, 0.5) is 0 Å². The van der Waals surface area contributed by atoms with E-state index in [1.54, 1.807) is 12.4 Å². The maximum absolute atomic E-state index is 12.7. The van der Waals surface area contributed by atoms with Crippen LogP contribution in [0.15, 0.2) is 30.7 Å². The molecule has 1 amide bonds. The Kier molecular flexibility index (Phi) is 6.28. The summed E-state index contributed by atoms with van der Waals surface area (Å²) in [5.41, 5.74) is 1.48. The van der Waals surface area contributed by atoms with Crippen molar-refractivity contribution < 1.29 is 9.53 Å². The third-order valence-corrected chi connectivity index (χ3v) is 5.70. The molecule has 0 bridgehead atoms. The maximum Gasteiger partial charge on any atom is 0.273 e. The predicted octanol–water partition coefficient (Wildman–Crippen LogP) is 1.98. The van der Waals surface area contributed by atoms with Gasteiger partial charge in [0.25, 0.3) is 5.91 Å². The number of morpholine rings is 1. The molecule has 1 atom stereocenters. The molecule has 2 aromatic heterocycles. The standard InChI is InChI=1S/C20H28N6O2/c27-20(18-15-26(24-23-18)17-6-2-1-3-7-17)22-14-19(16-5-4-8-21-13-16)25-9-11-28-12-10-25/h4-5,8,13,15,17,19H,1-3,6-7,9-12,14H2,(H,22,27). The monoisotopic (exact) mass is 384 g/mol. The smallest absolute Gasteiger partial charge is 0.273 e. The fraction of sp³-hybridized carbons (Fsp3) is 0.600. The first-order chi connectivity index (χ1) is 13.8. The molecule has 2 aromatic rings. The van der Waals surface area contributed by atoms with Crippen molar-refractivity contribution in [1.29, 1.82) is 0 Å². The van der Waals surface area contributed by atoms with E-state index in [2.05, 4.69) is 31.6 Å². The minimum absolute atomic E-state index is 0.0648. The molecule has 0 spiro atoms. The van der Waals surface area contributed by atoms with Crippen LogP contribution in [-0.4, -0.2) is 63.6 Å². The van der Waals surface area contributed by atoms with Crippen molar-refractivity contribution in [3.05, 3.63) is 42.0 Å². The lowest BCUT2D eigenvalue weighted by Gasteiger charge is -2.34. The third kappa shape index (κ3) is 4.56. The van der Waals surface area contributed by atoms with E-state index in [-0.39, 0.29) is 11.9 Å². The van der Waals surface area contributed by atoms with Crippen LogP contribution < -0.4 is 5.32 Å². The number of hydrogen-bond donors (Lipinski definition) is 1. The highest BCUT2D eigenvalue weighted by molar-refractivity contribution is 5.91. The van der Waals surface area contributed by atoms with Gasteiger partial charge >= 0.3 is 0 Å². The molecule has 1 N–H and O–H groups in total. The summed E-state index contributed by atoms with van der Waals surface area (Å²) in [7, 11) is 0. The second kappa shape index (κ2) is 9.25. The molecule has 1 saturated heterocycles. The summed E-state index contributed by atoms with van der Waals surface area (Å²) >= 11 is 0. The zero-order valence-corrected chi connectivity index (χ0v) is 16.2. The van der Waals surface area contributed by atoms with Crippen molar-refractivity contribution in [2.75, 3.05) is 32.8 Å². The lowest BCUT2D eigenvalue weighted by atomic mass is 9.96. The molecule has 0 radical (unpaired) electrons. The van der Waals surface area contributed by atoms with E-state index in [9.17, 15) is 4.79 Å². The minimum atomic E-state index is -0.177. The van der Waals surface area contributed by atoms with Crippen LogP contribution in [0.3, 0.4) is 0 Å². The number of amides is 1. The van der Waals surface area contributed by atoms with E-state index in [1.807, 2.05) is 16.9 Å². The molecule has 0 aromatic carbocycles. The largest absolute Gasteiger partial charge is 0.379 e. The summed E-state index contributed by atoms with van der Waals surface area (Å²) < 4.78 is 7.35. The first kappa shape index (κ1) is 19.0. The van der Waals surface area contributed by atoms with E-state index < -0.39 is 0 Å². The van der Waals surface area contributed by atoms with Gasteiger partial charge in [-0.3, -0.25) is 14.7 Å². The average Bonchev–Trinajstić information content (AvgIpc) is 3.26. The predicted molar refractivity (Wildman–Crippen MR) is 104 cm³/mol. The van der Waals surface area contributed by atoms with Crippen molar-refractivity contribution in [3.63, 3.8) is 0 Å². The molecule has 1 unspecified atom stereocenters. The van der Waals surface area contributed by atoms with Crippen LogP contribution >= 0.6 is 0 Å². The lowest BCUT2D eigenvalue weighted by Crippen LogP contribution is -2.43.